The van der Waals surface area contributed by atoms with E-state index < -0.39 is 119 Å². The van der Waals surface area contributed by atoms with Crippen LogP contribution in [0.1, 0.15) is 76.7 Å². The summed E-state index contributed by atoms with van der Waals surface area (Å²) >= 11 is 0.940. The van der Waals surface area contributed by atoms with Crippen LogP contribution in [0.4, 0.5) is 13.6 Å². The minimum Gasteiger partial charge on any atom is -0.480 e. The van der Waals surface area contributed by atoms with Crippen molar-refractivity contribution in [2.75, 3.05) is 90.5 Å². The zero-order chi connectivity index (χ0) is 69.5. The Bertz CT molecular complexity index is 3260. The van der Waals surface area contributed by atoms with Crippen molar-refractivity contribution in [3.8, 4) is 11.1 Å². The summed E-state index contributed by atoms with van der Waals surface area (Å²) in [4.78, 5) is 143. The molecule has 0 aliphatic carbocycles. The van der Waals surface area contributed by atoms with Gasteiger partial charge >= 0.3 is 12.1 Å². The zero-order valence-electron chi connectivity index (χ0n) is 53.7. The number of halogens is 2. The van der Waals surface area contributed by atoms with E-state index >= 15 is 4.39 Å². The van der Waals surface area contributed by atoms with Crippen LogP contribution in [0.2, 0.25) is 0 Å². The molecule has 0 bridgehead atoms. The Kier molecular flexibility index (Phi) is 31.9. The average molecular weight is 1350 g/mol. The van der Waals surface area contributed by atoms with E-state index in [0.29, 0.717) is 16.8 Å². The SMILES string of the molecule is CC(NC(=O)OCc1ccccc1)C(=O)N[C@H](C)C(=O)N[C@@H](CC(N)=O)C(=O)NCCCN(C(=O)CSC[C@H](NC(=O)CCOCCOCCOCCOCCNC(=O)CN1C(=O)C=CC1=O)C(=O)O)[C@@H](c1cc(-c2cc(F)ccc2F)cn1Cc1ccccc1)C(C)(C)C. The molecule has 0 saturated heterocycles. The number of thioether (sulfide) groups is 1. The van der Waals surface area contributed by atoms with Crippen LogP contribution in [0, 0.1) is 17.0 Å². The molecule has 27 nitrogen and oxygen atoms in total. The number of ether oxygens (including phenoxy) is 5. The van der Waals surface area contributed by atoms with Gasteiger partial charge in [-0.1, -0.05) is 81.4 Å². The van der Waals surface area contributed by atoms with Crippen LogP contribution in [0.5, 0.6) is 0 Å². The molecule has 5 rings (SSSR count). The number of carbonyl (C=O) groups excluding carboxylic acids is 10. The van der Waals surface area contributed by atoms with Gasteiger partial charge in [0.2, 0.25) is 41.4 Å². The van der Waals surface area contributed by atoms with Crippen LogP contribution < -0.4 is 37.6 Å². The lowest BCUT2D eigenvalue weighted by molar-refractivity contribution is -0.141. The average Bonchev–Trinajstić information content (AvgIpc) is 1.66. The van der Waals surface area contributed by atoms with Crippen LogP contribution in [-0.2, 0) is 84.8 Å². The molecule has 1 aliphatic heterocycles. The summed E-state index contributed by atoms with van der Waals surface area (Å²) in [5.41, 5.74) is 7.03. The van der Waals surface area contributed by atoms with Crippen molar-refractivity contribution in [1.29, 1.82) is 0 Å². The van der Waals surface area contributed by atoms with Crippen LogP contribution in [0.15, 0.2) is 103 Å². The molecular formula is C65H84F2N10O17S. The summed E-state index contributed by atoms with van der Waals surface area (Å²) in [7, 11) is 0. The largest absolute Gasteiger partial charge is 0.480 e. The maximum Gasteiger partial charge on any atom is 0.408 e. The first-order chi connectivity index (χ1) is 45.3. The van der Waals surface area contributed by atoms with E-state index in [1.165, 1.54) is 13.8 Å². The van der Waals surface area contributed by atoms with Crippen molar-refractivity contribution in [2.24, 2.45) is 11.1 Å². The number of amides is 10. The molecule has 4 aromatic rings. The Morgan fingerprint density at radius 3 is 1.87 bits per heavy atom. The van der Waals surface area contributed by atoms with Gasteiger partial charge in [-0.15, -0.1) is 11.8 Å². The number of carbonyl (C=O) groups is 11. The molecule has 516 valence electrons. The monoisotopic (exact) mass is 1350 g/mol. The van der Waals surface area contributed by atoms with Gasteiger partial charge in [-0.2, -0.15) is 0 Å². The standard InChI is InChI=1S/C65H84F2N10O17S/c1-42(71-60(84)43(2)72-64(89)94-39-45-15-10-7-11-16-45)61(85)74-50(35-53(68)78)62(86)70-22-12-24-76(59(65(3,4)5)52-33-46(48-34-47(66)17-18-49(48)67)37-75(52)36-44-13-8-6-9-14-44)58(83)41-95-40-51(63(87)88)73-54(79)21-25-90-27-29-92-31-32-93-30-28-91-26-23-69-55(80)38-77-56(81)19-20-57(77)82/h6-11,13-20,33-34,37,42-43,50-51,59H,12,21-32,35-36,38-41H2,1-5H3,(H2,68,78)(H,69,80)(H,70,86)(H,71,84)(H,72,89)(H,73,79)(H,74,85)(H,87,88)/t42-,43?,50+,51+,59+/m1/s1. The van der Waals surface area contributed by atoms with Gasteiger partial charge in [-0.05, 0) is 61.1 Å². The number of aromatic nitrogens is 1. The second-order valence-electron chi connectivity index (χ2n) is 22.9. The van der Waals surface area contributed by atoms with Crippen molar-refractivity contribution >= 4 is 77.0 Å². The maximum atomic E-state index is 15.6. The van der Waals surface area contributed by atoms with Gasteiger partial charge in [0.1, 0.15) is 49.0 Å². The third kappa shape index (κ3) is 27.0. The summed E-state index contributed by atoms with van der Waals surface area (Å²) in [6.07, 6.45) is 2.18. The molecule has 3 aromatic carbocycles. The first-order valence-corrected chi connectivity index (χ1v) is 31.8. The number of alkyl carbamates (subject to hydrolysis) is 1. The van der Waals surface area contributed by atoms with E-state index in [4.69, 9.17) is 29.4 Å². The van der Waals surface area contributed by atoms with E-state index in [9.17, 15) is 62.2 Å². The molecule has 2 heterocycles. The summed E-state index contributed by atoms with van der Waals surface area (Å²) < 4.78 is 59.2. The van der Waals surface area contributed by atoms with E-state index in [1.807, 2.05) is 55.7 Å². The lowest BCUT2D eigenvalue weighted by atomic mass is 9.83. The maximum absolute atomic E-state index is 15.6. The molecule has 0 radical (unpaired) electrons. The Balaban J connectivity index is 1.16. The van der Waals surface area contributed by atoms with Gasteiger partial charge in [-0.25, -0.2) is 18.4 Å². The molecule has 9 N–H and O–H groups in total. The number of carboxylic acid groups (broad SMARTS) is 1. The number of rotatable bonds is 42. The van der Waals surface area contributed by atoms with E-state index in [2.05, 4.69) is 31.9 Å². The highest BCUT2D eigenvalue weighted by Crippen LogP contribution is 2.41. The molecule has 10 amide bonds. The quantitative estimate of drug-likeness (QED) is 0.0233. The Hall–Kier alpha value is -9.10. The second kappa shape index (κ2) is 39.6. The highest BCUT2D eigenvalue weighted by Gasteiger charge is 2.38. The molecule has 1 aromatic heterocycles. The van der Waals surface area contributed by atoms with Crippen LogP contribution >= 0.6 is 11.8 Å². The fourth-order valence-corrected chi connectivity index (χ4v) is 10.4. The third-order valence-corrected chi connectivity index (χ3v) is 15.2. The Morgan fingerprint density at radius 2 is 1.26 bits per heavy atom. The number of aliphatic carboxylic acids is 1. The van der Waals surface area contributed by atoms with Crippen molar-refractivity contribution in [2.45, 2.75) is 97.2 Å². The molecular weight excluding hydrogens is 1260 g/mol. The zero-order valence-corrected chi connectivity index (χ0v) is 54.5. The van der Waals surface area contributed by atoms with Gasteiger partial charge in [-0.3, -0.25) is 48.1 Å². The lowest BCUT2D eigenvalue weighted by Crippen LogP contribution is -2.56. The smallest absolute Gasteiger partial charge is 0.408 e. The summed E-state index contributed by atoms with van der Waals surface area (Å²) in [5.74, 6) is -9.44. The molecule has 1 aliphatic rings. The fraction of sp³-hybridized carbons (Fsp3) is 0.462. The van der Waals surface area contributed by atoms with Gasteiger partial charge in [0, 0.05) is 73.5 Å². The normalized spacial score (nSPS) is 13.6. The molecule has 0 fully saturated rings. The summed E-state index contributed by atoms with van der Waals surface area (Å²) in [5, 5.41) is 25.2. The van der Waals surface area contributed by atoms with E-state index in [1.54, 1.807) is 47.5 Å². The van der Waals surface area contributed by atoms with Crippen molar-refractivity contribution in [3.05, 3.63) is 132 Å². The van der Waals surface area contributed by atoms with Crippen LogP contribution in [0.3, 0.4) is 0 Å². The number of carboxylic acids is 1. The van der Waals surface area contributed by atoms with E-state index in [-0.39, 0.29) is 122 Å². The number of hydrogen-bond acceptors (Lipinski definition) is 17. The first-order valence-electron chi connectivity index (χ1n) is 30.6. The number of imide groups is 1. The first kappa shape index (κ1) is 76.6. The second-order valence-corrected chi connectivity index (χ2v) is 23.9. The summed E-state index contributed by atoms with van der Waals surface area (Å²) in [6.45, 7) is 9.41. The Labute approximate surface area is 553 Å². The predicted molar refractivity (Wildman–Crippen MR) is 343 cm³/mol. The van der Waals surface area contributed by atoms with Crippen LogP contribution in [-0.4, -0.2) is 199 Å². The van der Waals surface area contributed by atoms with Crippen molar-refractivity contribution in [3.63, 3.8) is 0 Å². The van der Waals surface area contributed by atoms with Gasteiger partial charge in [0.05, 0.1) is 71.1 Å². The minimum absolute atomic E-state index is 0.0328. The van der Waals surface area contributed by atoms with Gasteiger partial charge < -0.3 is 75.9 Å². The molecule has 1 unspecified atom stereocenters. The minimum atomic E-state index is -1.52. The molecule has 0 spiro atoms. The highest BCUT2D eigenvalue weighted by atomic mass is 32.2. The predicted octanol–water partition coefficient (Wildman–Crippen LogP) is 2.88. The fourth-order valence-electron chi connectivity index (χ4n) is 9.48. The molecule has 0 saturated carbocycles. The Morgan fingerprint density at radius 1 is 0.674 bits per heavy atom. The van der Waals surface area contributed by atoms with Crippen molar-refractivity contribution in [1.82, 2.24) is 46.3 Å². The number of hydrogen-bond donors (Lipinski definition) is 8. The number of primary amides is 1. The number of nitrogens with one attached hydrogen (secondary N) is 6. The third-order valence-electron chi connectivity index (χ3n) is 14.2. The topological polar surface area (TPSA) is 364 Å². The van der Waals surface area contributed by atoms with Gasteiger partial charge in [0.15, 0.2) is 0 Å². The molecule has 95 heavy (non-hydrogen) atoms. The number of nitrogens with two attached hydrogens (primary N) is 1. The van der Waals surface area contributed by atoms with Crippen LogP contribution in [0.25, 0.3) is 11.1 Å². The lowest BCUT2D eigenvalue weighted by Gasteiger charge is -2.41. The highest BCUT2D eigenvalue weighted by molar-refractivity contribution is 8.00. The number of nitrogens with zero attached hydrogens (tertiary/aromatic N) is 3. The van der Waals surface area contributed by atoms with Crippen molar-refractivity contribution < 1.29 is 90.3 Å². The van der Waals surface area contributed by atoms with Gasteiger partial charge in [0.25, 0.3) is 11.8 Å². The molecule has 5 atom stereocenters. The number of benzene rings is 3. The summed E-state index contributed by atoms with van der Waals surface area (Å²) in [6, 6.07) is 16.6. The molecule has 30 heteroatoms. The van der Waals surface area contributed by atoms with E-state index in [0.717, 1.165) is 52.6 Å².